The summed E-state index contributed by atoms with van der Waals surface area (Å²) in [7, 11) is 1.63. The van der Waals surface area contributed by atoms with Crippen molar-refractivity contribution in [1.29, 1.82) is 0 Å². The summed E-state index contributed by atoms with van der Waals surface area (Å²) < 4.78 is 7.32. The van der Waals surface area contributed by atoms with Crippen LogP contribution in [0.15, 0.2) is 34.8 Å². The van der Waals surface area contributed by atoms with Crippen LogP contribution in [-0.2, 0) is 7.05 Å². The van der Waals surface area contributed by atoms with E-state index in [2.05, 4.69) is 21.0 Å². The van der Waals surface area contributed by atoms with E-state index in [4.69, 9.17) is 10.5 Å². The average Bonchev–Trinajstić information content (AvgIpc) is 2.61. The summed E-state index contributed by atoms with van der Waals surface area (Å²) in [5.41, 5.74) is 5.80. The molecule has 5 nitrogen and oxygen atoms in total. The van der Waals surface area contributed by atoms with Crippen LogP contribution in [0.2, 0.25) is 0 Å². The molecule has 0 aliphatic rings. The van der Waals surface area contributed by atoms with E-state index in [9.17, 15) is 4.79 Å². The van der Waals surface area contributed by atoms with Crippen molar-refractivity contribution in [3.63, 3.8) is 0 Å². The van der Waals surface area contributed by atoms with Gasteiger partial charge in [-0.25, -0.2) is 4.79 Å². The number of para-hydroxylation sites is 1. The Balaban J connectivity index is 2.23. The lowest BCUT2D eigenvalue weighted by atomic mass is 10.3. The van der Waals surface area contributed by atoms with Crippen molar-refractivity contribution >= 4 is 27.7 Å². The number of aromatic nitrogens is 2. The van der Waals surface area contributed by atoms with Gasteiger partial charge in [-0.15, -0.1) is 0 Å². The van der Waals surface area contributed by atoms with Crippen molar-refractivity contribution < 1.29 is 9.53 Å². The molecule has 0 aliphatic heterocycles. The van der Waals surface area contributed by atoms with Crippen LogP contribution in [0.3, 0.4) is 0 Å². The van der Waals surface area contributed by atoms with Gasteiger partial charge in [0.15, 0.2) is 0 Å². The molecule has 0 unspecified atom stereocenters. The van der Waals surface area contributed by atoms with Gasteiger partial charge in [-0.1, -0.05) is 12.1 Å². The van der Waals surface area contributed by atoms with E-state index in [1.165, 1.54) is 10.7 Å². The third kappa shape index (κ3) is 2.47. The highest BCUT2D eigenvalue weighted by Crippen LogP contribution is 2.24. The van der Waals surface area contributed by atoms with E-state index >= 15 is 0 Å². The van der Waals surface area contributed by atoms with E-state index in [0.717, 1.165) is 0 Å². The Hall–Kier alpha value is -1.82. The number of nitrogen functional groups attached to an aromatic ring is 1. The number of hydrogen-bond donors (Lipinski definition) is 1. The number of nitrogens with two attached hydrogens (primary N) is 1. The van der Waals surface area contributed by atoms with E-state index in [1.807, 2.05) is 6.07 Å². The molecule has 1 aromatic carbocycles. The molecule has 0 spiro atoms. The summed E-state index contributed by atoms with van der Waals surface area (Å²) in [6.07, 6.45) is 0. The summed E-state index contributed by atoms with van der Waals surface area (Å²) in [5.74, 6) is 0.243. The molecule has 0 atom stereocenters. The number of rotatable bonds is 2. The summed E-state index contributed by atoms with van der Waals surface area (Å²) in [4.78, 5) is 11.8. The zero-order chi connectivity index (χ0) is 12.4. The van der Waals surface area contributed by atoms with Crippen molar-refractivity contribution in [3.05, 3.63) is 40.5 Å². The maximum absolute atomic E-state index is 11.8. The van der Waals surface area contributed by atoms with E-state index < -0.39 is 5.97 Å². The van der Waals surface area contributed by atoms with Gasteiger partial charge in [0.05, 0.1) is 4.47 Å². The van der Waals surface area contributed by atoms with Gasteiger partial charge < -0.3 is 10.5 Å². The predicted molar refractivity (Wildman–Crippen MR) is 66.7 cm³/mol. The van der Waals surface area contributed by atoms with Crippen LogP contribution < -0.4 is 10.5 Å². The van der Waals surface area contributed by atoms with Gasteiger partial charge >= 0.3 is 5.97 Å². The van der Waals surface area contributed by atoms with Gasteiger partial charge in [-0.05, 0) is 28.1 Å². The molecule has 2 aromatic rings. The van der Waals surface area contributed by atoms with Gasteiger partial charge in [-0.2, -0.15) is 5.10 Å². The quantitative estimate of drug-likeness (QED) is 0.679. The number of nitrogens with zero attached hydrogens (tertiary/aromatic N) is 2. The molecule has 0 bridgehead atoms. The lowest BCUT2D eigenvalue weighted by Crippen LogP contribution is -2.13. The summed E-state index contributed by atoms with van der Waals surface area (Å²) in [6.45, 7) is 0. The molecule has 17 heavy (non-hydrogen) atoms. The van der Waals surface area contributed by atoms with Gasteiger partial charge in [0, 0.05) is 13.1 Å². The normalized spacial score (nSPS) is 10.2. The molecule has 0 fully saturated rings. The highest BCUT2D eigenvalue weighted by Gasteiger charge is 2.15. The first kappa shape index (κ1) is 11.7. The Morgan fingerprint density at radius 2 is 2.18 bits per heavy atom. The Bertz CT molecular complexity index is 566. The van der Waals surface area contributed by atoms with Gasteiger partial charge in [0.25, 0.3) is 0 Å². The number of benzene rings is 1. The van der Waals surface area contributed by atoms with Crippen LogP contribution in [0.1, 0.15) is 10.5 Å². The van der Waals surface area contributed by atoms with Crippen LogP contribution in [0.4, 0.5) is 5.82 Å². The fraction of sp³-hybridized carbons (Fsp3) is 0.0909. The van der Waals surface area contributed by atoms with E-state index in [-0.39, 0.29) is 5.82 Å². The first-order valence-corrected chi connectivity index (χ1v) is 5.63. The smallest absolute Gasteiger partial charge is 0.362 e. The van der Waals surface area contributed by atoms with Crippen molar-refractivity contribution in [3.8, 4) is 5.75 Å². The van der Waals surface area contributed by atoms with Crippen LogP contribution >= 0.6 is 15.9 Å². The maximum Gasteiger partial charge on any atom is 0.362 e. The topological polar surface area (TPSA) is 70.1 Å². The van der Waals surface area contributed by atoms with Crippen molar-refractivity contribution in [1.82, 2.24) is 9.78 Å². The second-order valence-electron chi connectivity index (χ2n) is 3.40. The van der Waals surface area contributed by atoms with Crippen molar-refractivity contribution in [2.45, 2.75) is 0 Å². The van der Waals surface area contributed by atoms with Crippen LogP contribution in [-0.4, -0.2) is 15.7 Å². The van der Waals surface area contributed by atoms with Gasteiger partial charge in [0.2, 0.25) is 0 Å². The number of anilines is 1. The zero-order valence-corrected chi connectivity index (χ0v) is 10.6. The highest BCUT2D eigenvalue weighted by atomic mass is 79.9. The number of aryl methyl sites for hydroxylation is 1. The molecule has 88 valence electrons. The lowest BCUT2D eigenvalue weighted by molar-refractivity contribution is 0.0722. The van der Waals surface area contributed by atoms with Crippen molar-refractivity contribution in [2.75, 3.05) is 5.73 Å². The van der Waals surface area contributed by atoms with E-state index in [1.54, 1.807) is 25.2 Å². The number of esters is 1. The Morgan fingerprint density at radius 3 is 2.76 bits per heavy atom. The fourth-order valence-corrected chi connectivity index (χ4v) is 1.73. The van der Waals surface area contributed by atoms with Crippen LogP contribution in [0.25, 0.3) is 0 Å². The number of halogens is 1. The van der Waals surface area contributed by atoms with Crippen LogP contribution in [0, 0.1) is 0 Å². The molecular formula is C11H10BrN3O2. The largest absolute Gasteiger partial charge is 0.421 e. The zero-order valence-electron chi connectivity index (χ0n) is 9.05. The minimum atomic E-state index is -0.497. The molecule has 0 amide bonds. The third-order valence-electron chi connectivity index (χ3n) is 2.15. The molecule has 0 radical (unpaired) electrons. The fourth-order valence-electron chi connectivity index (χ4n) is 1.36. The molecule has 6 heteroatoms. The second kappa shape index (κ2) is 4.58. The van der Waals surface area contributed by atoms with Crippen molar-refractivity contribution in [2.24, 2.45) is 7.05 Å². The molecule has 1 heterocycles. The number of hydrogen-bond acceptors (Lipinski definition) is 4. The number of ether oxygens (including phenoxy) is 1. The van der Waals surface area contributed by atoms with Crippen LogP contribution in [0.5, 0.6) is 5.75 Å². The third-order valence-corrected chi connectivity index (χ3v) is 2.80. The SMILES string of the molecule is Cn1nc(N)cc1C(=O)Oc1ccccc1Br. The second-order valence-corrected chi connectivity index (χ2v) is 4.25. The van der Waals surface area contributed by atoms with Gasteiger partial charge in [0.1, 0.15) is 17.3 Å². The molecular weight excluding hydrogens is 286 g/mol. The first-order chi connectivity index (χ1) is 8.08. The summed E-state index contributed by atoms with van der Waals surface area (Å²) in [5, 5.41) is 3.88. The molecule has 2 N–H and O–H groups in total. The molecule has 0 saturated heterocycles. The molecule has 0 aliphatic carbocycles. The minimum absolute atomic E-state index is 0.284. The van der Waals surface area contributed by atoms with E-state index in [0.29, 0.717) is 15.9 Å². The molecule has 2 rings (SSSR count). The predicted octanol–water partition coefficient (Wildman–Crippen LogP) is 1.98. The Labute approximate surface area is 106 Å². The monoisotopic (exact) mass is 295 g/mol. The summed E-state index contributed by atoms with van der Waals surface area (Å²) >= 11 is 3.30. The summed E-state index contributed by atoms with van der Waals surface area (Å²) in [6, 6.07) is 8.58. The first-order valence-electron chi connectivity index (χ1n) is 4.84. The Kier molecular flexibility index (Phi) is 3.14. The molecule has 0 saturated carbocycles. The molecule has 1 aromatic heterocycles. The standard InChI is InChI=1S/C11H10BrN3O2/c1-15-8(6-10(13)14-15)11(16)17-9-5-3-2-4-7(9)12/h2-6H,1H3,(H2,13,14). The number of carbonyl (C=O) groups excluding carboxylic acids is 1. The highest BCUT2D eigenvalue weighted by molar-refractivity contribution is 9.10. The Morgan fingerprint density at radius 1 is 1.47 bits per heavy atom. The van der Waals surface area contributed by atoms with Gasteiger partial charge in [-0.3, -0.25) is 4.68 Å². The maximum atomic E-state index is 11.8. The minimum Gasteiger partial charge on any atom is -0.421 e. The number of carbonyl (C=O) groups is 1. The lowest BCUT2D eigenvalue weighted by Gasteiger charge is -2.05. The average molecular weight is 296 g/mol.